The van der Waals surface area contributed by atoms with E-state index in [9.17, 15) is 18.3 Å². The molecule has 0 bridgehead atoms. The van der Waals surface area contributed by atoms with Gasteiger partial charge in [0.2, 0.25) is 0 Å². The number of thiophene rings is 1. The normalized spacial score (nSPS) is 13.0. The molecule has 0 spiro atoms. The third kappa shape index (κ3) is 3.83. The molecule has 21 heavy (non-hydrogen) atoms. The summed E-state index contributed by atoms with van der Waals surface area (Å²) >= 11 is 9.84. The van der Waals surface area contributed by atoms with Gasteiger partial charge in [0.25, 0.3) is 10.0 Å². The summed E-state index contributed by atoms with van der Waals surface area (Å²) in [7, 11) is -3.98. The molecule has 5 nitrogen and oxygen atoms in total. The van der Waals surface area contributed by atoms with E-state index in [-0.39, 0.29) is 9.23 Å². The standard InChI is InChI=1S/C12H9BrClNO4S2/c13-11-8(14)6-9(20-11)21(18,19)15-10(12(16)17)7-4-2-1-3-5-7/h1-6,10,15H,(H,16,17)/t10-/m1/s1. The quantitative estimate of drug-likeness (QED) is 0.792. The first kappa shape index (κ1) is 16.4. The van der Waals surface area contributed by atoms with E-state index in [4.69, 9.17) is 11.6 Å². The van der Waals surface area contributed by atoms with Crippen LogP contribution in [0, 0.1) is 0 Å². The Morgan fingerprint density at radius 1 is 1.33 bits per heavy atom. The zero-order chi connectivity index (χ0) is 15.6. The molecule has 0 saturated carbocycles. The minimum absolute atomic E-state index is 0.0541. The molecule has 2 aromatic rings. The fraction of sp³-hybridized carbons (Fsp3) is 0.0833. The number of benzene rings is 1. The average molecular weight is 411 g/mol. The highest BCUT2D eigenvalue weighted by atomic mass is 79.9. The molecule has 0 aliphatic rings. The molecule has 9 heteroatoms. The largest absolute Gasteiger partial charge is 0.480 e. The van der Waals surface area contributed by atoms with Gasteiger partial charge in [0.1, 0.15) is 10.3 Å². The Balaban J connectivity index is 2.35. The van der Waals surface area contributed by atoms with E-state index < -0.39 is 22.0 Å². The molecule has 1 aromatic heterocycles. The van der Waals surface area contributed by atoms with E-state index in [2.05, 4.69) is 20.7 Å². The summed E-state index contributed by atoms with van der Waals surface area (Å²) in [6.45, 7) is 0. The van der Waals surface area contributed by atoms with E-state index in [0.29, 0.717) is 9.35 Å². The predicted octanol–water partition coefficient (Wildman–Crippen LogP) is 3.27. The Hall–Kier alpha value is -0.930. The lowest BCUT2D eigenvalue weighted by atomic mass is 10.1. The molecule has 0 unspecified atom stereocenters. The third-order valence-electron chi connectivity index (χ3n) is 2.54. The average Bonchev–Trinajstić information content (AvgIpc) is 2.78. The number of hydrogen-bond acceptors (Lipinski definition) is 4. The molecule has 112 valence electrons. The van der Waals surface area contributed by atoms with Crippen molar-refractivity contribution in [2.24, 2.45) is 0 Å². The van der Waals surface area contributed by atoms with Crippen LogP contribution in [0.2, 0.25) is 5.02 Å². The number of carboxylic acid groups (broad SMARTS) is 1. The zero-order valence-electron chi connectivity index (χ0n) is 10.3. The first-order chi connectivity index (χ1) is 9.81. The number of hydrogen-bond donors (Lipinski definition) is 2. The predicted molar refractivity (Wildman–Crippen MR) is 84.2 cm³/mol. The van der Waals surface area contributed by atoms with E-state index in [1.807, 2.05) is 0 Å². The van der Waals surface area contributed by atoms with Crippen molar-refractivity contribution in [2.75, 3.05) is 0 Å². The van der Waals surface area contributed by atoms with Crippen LogP contribution in [0.4, 0.5) is 0 Å². The molecule has 1 aromatic carbocycles. The summed E-state index contributed by atoms with van der Waals surface area (Å²) in [5.74, 6) is -1.29. The first-order valence-electron chi connectivity index (χ1n) is 5.56. The summed E-state index contributed by atoms with van der Waals surface area (Å²) in [5.41, 5.74) is 0.343. The number of carboxylic acids is 1. The monoisotopic (exact) mass is 409 g/mol. The first-order valence-corrected chi connectivity index (χ1v) is 9.03. The maximum atomic E-state index is 12.2. The second kappa shape index (κ2) is 6.45. The molecule has 0 saturated heterocycles. The Kier molecular flexibility index (Phi) is 5.05. The van der Waals surface area contributed by atoms with Crippen molar-refractivity contribution >= 4 is 54.9 Å². The molecule has 2 N–H and O–H groups in total. The molecule has 0 radical (unpaired) electrons. The number of sulfonamides is 1. The second-order valence-electron chi connectivity index (χ2n) is 3.99. The van der Waals surface area contributed by atoms with Gasteiger partial charge in [-0.05, 0) is 27.6 Å². The topological polar surface area (TPSA) is 83.5 Å². The minimum atomic E-state index is -3.98. The SMILES string of the molecule is O=C(O)[C@H](NS(=O)(=O)c1cc(Cl)c(Br)s1)c1ccccc1. The summed E-state index contributed by atoms with van der Waals surface area (Å²) in [5, 5.41) is 9.49. The van der Waals surface area contributed by atoms with Crippen molar-refractivity contribution in [3.63, 3.8) is 0 Å². The van der Waals surface area contributed by atoms with E-state index in [0.717, 1.165) is 11.3 Å². The summed E-state index contributed by atoms with van der Waals surface area (Å²) in [6.07, 6.45) is 0. The fourth-order valence-corrected chi connectivity index (χ4v) is 5.17. The maximum absolute atomic E-state index is 12.2. The van der Waals surface area contributed by atoms with Crippen molar-refractivity contribution < 1.29 is 18.3 Å². The van der Waals surface area contributed by atoms with Gasteiger partial charge in [-0.3, -0.25) is 4.79 Å². The molecule has 0 aliphatic carbocycles. The number of aliphatic carboxylic acids is 1. The molecular weight excluding hydrogens is 402 g/mol. The number of carbonyl (C=O) groups is 1. The maximum Gasteiger partial charge on any atom is 0.326 e. The van der Waals surface area contributed by atoms with Crippen LogP contribution in [0.1, 0.15) is 11.6 Å². The lowest BCUT2D eigenvalue weighted by Gasteiger charge is -2.14. The zero-order valence-corrected chi connectivity index (χ0v) is 14.3. The molecule has 0 aliphatic heterocycles. The van der Waals surface area contributed by atoms with Gasteiger partial charge < -0.3 is 5.11 Å². The van der Waals surface area contributed by atoms with Gasteiger partial charge in [0.05, 0.1) is 8.81 Å². The van der Waals surface area contributed by atoms with Crippen LogP contribution < -0.4 is 4.72 Å². The van der Waals surface area contributed by atoms with Crippen molar-refractivity contribution in [3.05, 3.63) is 50.8 Å². The number of nitrogens with one attached hydrogen (secondary N) is 1. The Bertz CT molecular complexity index is 741. The fourth-order valence-electron chi connectivity index (χ4n) is 1.58. The number of halogens is 2. The molecule has 0 amide bonds. The van der Waals surface area contributed by atoms with Gasteiger partial charge in [-0.15, -0.1) is 11.3 Å². The summed E-state index contributed by atoms with van der Waals surface area (Å²) in [6, 6.07) is 7.97. The van der Waals surface area contributed by atoms with Crippen LogP contribution in [-0.2, 0) is 14.8 Å². The van der Waals surface area contributed by atoms with Crippen molar-refractivity contribution in [1.82, 2.24) is 4.72 Å². The van der Waals surface area contributed by atoms with Crippen LogP contribution in [-0.4, -0.2) is 19.5 Å². The second-order valence-corrected chi connectivity index (χ2v) is 8.71. The van der Waals surface area contributed by atoms with Gasteiger partial charge in [0.15, 0.2) is 0 Å². The molecule has 1 heterocycles. The van der Waals surface area contributed by atoms with Crippen LogP contribution >= 0.6 is 38.9 Å². The van der Waals surface area contributed by atoms with Gasteiger partial charge in [-0.25, -0.2) is 8.42 Å². The van der Waals surface area contributed by atoms with E-state index >= 15 is 0 Å². The van der Waals surface area contributed by atoms with Gasteiger partial charge in [0, 0.05) is 0 Å². The summed E-state index contributed by atoms with van der Waals surface area (Å²) < 4.78 is 27.1. The minimum Gasteiger partial charge on any atom is -0.480 e. The molecule has 2 rings (SSSR count). The van der Waals surface area contributed by atoms with E-state index in [1.54, 1.807) is 30.3 Å². The van der Waals surface area contributed by atoms with Crippen molar-refractivity contribution in [2.45, 2.75) is 10.3 Å². The molecule has 0 fully saturated rings. The van der Waals surface area contributed by atoms with Crippen LogP contribution in [0.25, 0.3) is 0 Å². The molecular formula is C12H9BrClNO4S2. The van der Waals surface area contributed by atoms with Gasteiger partial charge in [-0.2, -0.15) is 4.72 Å². The lowest BCUT2D eigenvalue weighted by Crippen LogP contribution is -2.33. The van der Waals surface area contributed by atoms with Crippen LogP contribution in [0.15, 0.2) is 44.4 Å². The smallest absolute Gasteiger partial charge is 0.326 e. The Labute approximate surface area is 138 Å². The highest BCUT2D eigenvalue weighted by molar-refractivity contribution is 9.11. The van der Waals surface area contributed by atoms with Crippen molar-refractivity contribution in [1.29, 1.82) is 0 Å². The Morgan fingerprint density at radius 2 is 1.95 bits per heavy atom. The van der Waals surface area contributed by atoms with Crippen molar-refractivity contribution in [3.8, 4) is 0 Å². The Morgan fingerprint density at radius 3 is 2.43 bits per heavy atom. The third-order valence-corrected chi connectivity index (χ3v) is 6.91. The summed E-state index contributed by atoms with van der Waals surface area (Å²) in [4.78, 5) is 11.3. The molecule has 1 atom stereocenters. The van der Waals surface area contributed by atoms with E-state index in [1.165, 1.54) is 6.07 Å². The van der Waals surface area contributed by atoms with Gasteiger partial charge in [-0.1, -0.05) is 41.9 Å². The highest BCUT2D eigenvalue weighted by Gasteiger charge is 2.28. The van der Waals surface area contributed by atoms with Crippen LogP contribution in [0.3, 0.4) is 0 Å². The van der Waals surface area contributed by atoms with Crippen LogP contribution in [0.5, 0.6) is 0 Å². The lowest BCUT2D eigenvalue weighted by molar-refractivity contribution is -0.139. The van der Waals surface area contributed by atoms with Gasteiger partial charge >= 0.3 is 5.97 Å². The highest BCUT2D eigenvalue weighted by Crippen LogP contribution is 2.35. The number of rotatable bonds is 5.